The number of benzene rings is 2. The van der Waals surface area contributed by atoms with Gasteiger partial charge in [-0.25, -0.2) is 0 Å². The third kappa shape index (κ3) is 2.31. The molecule has 0 aliphatic carbocycles. The molecular formula is C18H17NO2. The van der Waals surface area contributed by atoms with E-state index in [0.29, 0.717) is 16.7 Å². The topological polar surface area (TPSA) is 53.1 Å². The van der Waals surface area contributed by atoms with Gasteiger partial charge in [-0.3, -0.25) is 4.79 Å². The van der Waals surface area contributed by atoms with Crippen molar-refractivity contribution in [3.05, 3.63) is 64.6 Å². The zero-order valence-electron chi connectivity index (χ0n) is 12.1. The van der Waals surface area contributed by atoms with Gasteiger partial charge in [0.2, 0.25) is 0 Å². The molecule has 0 amide bonds. The van der Waals surface area contributed by atoms with E-state index in [9.17, 15) is 9.90 Å². The molecule has 3 nitrogen and oxygen atoms in total. The summed E-state index contributed by atoms with van der Waals surface area (Å²) < 4.78 is 0. The molecule has 0 bridgehead atoms. The summed E-state index contributed by atoms with van der Waals surface area (Å²) in [4.78, 5) is 14.6. The maximum Gasteiger partial charge on any atom is 0.255 e. The Hall–Kier alpha value is -2.55. The zero-order chi connectivity index (χ0) is 15.0. The van der Waals surface area contributed by atoms with Crippen molar-refractivity contribution in [3.63, 3.8) is 0 Å². The molecule has 0 unspecified atom stereocenters. The van der Waals surface area contributed by atoms with E-state index in [1.165, 1.54) is 5.56 Å². The van der Waals surface area contributed by atoms with Gasteiger partial charge in [-0.2, -0.15) is 0 Å². The Morgan fingerprint density at radius 2 is 1.76 bits per heavy atom. The third-order valence-electron chi connectivity index (χ3n) is 3.79. The average molecular weight is 279 g/mol. The fraction of sp³-hybridized carbons (Fsp3) is 0.167. The molecule has 1 aromatic heterocycles. The molecule has 0 atom stereocenters. The van der Waals surface area contributed by atoms with Crippen molar-refractivity contribution in [3.8, 4) is 16.9 Å². The summed E-state index contributed by atoms with van der Waals surface area (Å²) in [5, 5.41) is 11.2. The van der Waals surface area contributed by atoms with Gasteiger partial charge in [-0.15, -0.1) is 0 Å². The molecule has 0 spiro atoms. The Morgan fingerprint density at radius 3 is 2.43 bits per heavy atom. The van der Waals surface area contributed by atoms with Crippen LogP contribution in [-0.4, -0.2) is 10.1 Å². The zero-order valence-corrected chi connectivity index (χ0v) is 12.1. The van der Waals surface area contributed by atoms with Crippen LogP contribution in [0.25, 0.3) is 21.9 Å². The Morgan fingerprint density at radius 1 is 1.05 bits per heavy atom. The molecular weight excluding hydrogens is 262 g/mol. The summed E-state index contributed by atoms with van der Waals surface area (Å²) >= 11 is 0. The number of pyridine rings is 1. The van der Waals surface area contributed by atoms with Crippen LogP contribution >= 0.6 is 0 Å². The molecule has 106 valence electrons. The first-order chi connectivity index (χ1) is 10.1. The predicted molar refractivity (Wildman–Crippen MR) is 85.8 cm³/mol. The quantitative estimate of drug-likeness (QED) is 0.744. The molecule has 0 aliphatic heterocycles. The van der Waals surface area contributed by atoms with Gasteiger partial charge in [0, 0.05) is 17.1 Å². The molecule has 3 rings (SSSR count). The molecule has 0 radical (unpaired) electrons. The van der Waals surface area contributed by atoms with Crippen molar-refractivity contribution in [2.24, 2.45) is 0 Å². The van der Waals surface area contributed by atoms with E-state index < -0.39 is 0 Å². The van der Waals surface area contributed by atoms with Crippen LogP contribution in [0.1, 0.15) is 25.3 Å². The van der Waals surface area contributed by atoms with Gasteiger partial charge in [0.15, 0.2) is 0 Å². The summed E-state index contributed by atoms with van der Waals surface area (Å²) in [6, 6.07) is 13.2. The van der Waals surface area contributed by atoms with E-state index >= 15 is 0 Å². The number of aromatic amines is 1. The number of aromatic nitrogens is 1. The minimum absolute atomic E-state index is 0.126. The van der Waals surface area contributed by atoms with Crippen molar-refractivity contribution in [1.29, 1.82) is 0 Å². The molecule has 0 saturated heterocycles. The van der Waals surface area contributed by atoms with Crippen LogP contribution in [0.2, 0.25) is 0 Å². The van der Waals surface area contributed by atoms with E-state index in [4.69, 9.17) is 0 Å². The summed E-state index contributed by atoms with van der Waals surface area (Å²) in [5.74, 6) is 0.598. The molecule has 2 aromatic carbocycles. The van der Waals surface area contributed by atoms with Gasteiger partial charge in [0.05, 0.1) is 5.39 Å². The van der Waals surface area contributed by atoms with Crippen LogP contribution < -0.4 is 5.56 Å². The van der Waals surface area contributed by atoms with Gasteiger partial charge >= 0.3 is 0 Å². The lowest BCUT2D eigenvalue weighted by Gasteiger charge is -2.10. The number of nitrogens with one attached hydrogen (secondary N) is 1. The van der Waals surface area contributed by atoms with E-state index in [1.54, 1.807) is 24.4 Å². The number of phenols is 1. The summed E-state index contributed by atoms with van der Waals surface area (Å²) in [6.07, 6.45) is 1.66. The van der Waals surface area contributed by atoms with Crippen LogP contribution in [0.5, 0.6) is 5.75 Å². The van der Waals surface area contributed by atoms with Crippen LogP contribution in [0.3, 0.4) is 0 Å². The highest BCUT2D eigenvalue weighted by molar-refractivity contribution is 5.99. The monoisotopic (exact) mass is 279 g/mol. The van der Waals surface area contributed by atoms with Gasteiger partial charge in [-0.1, -0.05) is 44.2 Å². The van der Waals surface area contributed by atoms with Crippen molar-refractivity contribution >= 4 is 10.8 Å². The number of aromatic hydroxyl groups is 1. The Labute approximate surface area is 122 Å². The minimum atomic E-state index is -0.191. The fourth-order valence-electron chi connectivity index (χ4n) is 2.58. The van der Waals surface area contributed by atoms with Crippen molar-refractivity contribution in [2.45, 2.75) is 19.8 Å². The number of rotatable bonds is 2. The van der Waals surface area contributed by atoms with Crippen LogP contribution in [0.4, 0.5) is 0 Å². The predicted octanol–water partition coefficient (Wildman–Crippen LogP) is 4.02. The minimum Gasteiger partial charge on any atom is -0.507 e. The highest BCUT2D eigenvalue weighted by Crippen LogP contribution is 2.32. The first-order valence-corrected chi connectivity index (χ1v) is 7.01. The lowest BCUT2D eigenvalue weighted by molar-refractivity contribution is 0.481. The lowest BCUT2D eigenvalue weighted by atomic mass is 9.96. The highest BCUT2D eigenvalue weighted by Gasteiger charge is 2.10. The Balaban J connectivity index is 2.25. The second-order valence-electron chi connectivity index (χ2n) is 5.51. The van der Waals surface area contributed by atoms with Crippen molar-refractivity contribution in [2.75, 3.05) is 0 Å². The number of hydrogen-bond acceptors (Lipinski definition) is 2. The standard InChI is InChI=1S/C18H17NO2/c1-11(2)12-6-8-13(9-7-12)15-10-19-18(21)14-4-3-5-16(20)17(14)15/h3-11,20H,1-2H3,(H,19,21). The maximum absolute atomic E-state index is 11.9. The molecule has 0 fully saturated rings. The van der Waals surface area contributed by atoms with Gasteiger partial charge < -0.3 is 10.1 Å². The van der Waals surface area contributed by atoms with Crippen LogP contribution in [0.15, 0.2) is 53.5 Å². The van der Waals surface area contributed by atoms with Gasteiger partial charge in [-0.05, 0) is 29.2 Å². The van der Waals surface area contributed by atoms with Crippen LogP contribution in [-0.2, 0) is 0 Å². The molecule has 21 heavy (non-hydrogen) atoms. The average Bonchev–Trinajstić information content (AvgIpc) is 2.49. The fourth-order valence-corrected chi connectivity index (χ4v) is 2.58. The van der Waals surface area contributed by atoms with E-state index in [-0.39, 0.29) is 11.3 Å². The number of H-pyrrole nitrogens is 1. The maximum atomic E-state index is 11.9. The van der Waals surface area contributed by atoms with Gasteiger partial charge in [0.25, 0.3) is 5.56 Å². The second-order valence-corrected chi connectivity index (χ2v) is 5.51. The largest absolute Gasteiger partial charge is 0.507 e. The summed E-state index contributed by atoms with van der Waals surface area (Å²) in [7, 11) is 0. The molecule has 3 heteroatoms. The summed E-state index contributed by atoms with van der Waals surface area (Å²) in [6.45, 7) is 4.30. The molecule has 0 aliphatic rings. The number of fused-ring (bicyclic) bond motifs is 1. The van der Waals surface area contributed by atoms with Crippen LogP contribution in [0, 0.1) is 0 Å². The Kier molecular flexibility index (Phi) is 3.26. The first-order valence-electron chi connectivity index (χ1n) is 7.01. The number of phenolic OH excluding ortho intramolecular Hbond substituents is 1. The SMILES string of the molecule is CC(C)c1ccc(-c2c[nH]c(=O)c3cccc(O)c23)cc1. The van der Waals surface area contributed by atoms with E-state index in [0.717, 1.165) is 11.1 Å². The van der Waals surface area contributed by atoms with E-state index in [1.807, 2.05) is 12.1 Å². The summed E-state index contributed by atoms with van der Waals surface area (Å²) in [5.41, 5.74) is 2.88. The van der Waals surface area contributed by atoms with Crippen molar-refractivity contribution in [1.82, 2.24) is 4.98 Å². The second kappa shape index (κ2) is 5.09. The van der Waals surface area contributed by atoms with Crippen molar-refractivity contribution < 1.29 is 5.11 Å². The van der Waals surface area contributed by atoms with Gasteiger partial charge in [0.1, 0.15) is 5.75 Å². The molecule has 3 aromatic rings. The number of hydrogen-bond donors (Lipinski definition) is 2. The highest BCUT2D eigenvalue weighted by atomic mass is 16.3. The first kappa shape index (κ1) is 13.4. The normalized spacial score (nSPS) is 11.2. The molecule has 0 saturated carbocycles. The molecule has 1 heterocycles. The van der Waals surface area contributed by atoms with E-state index in [2.05, 4.69) is 31.0 Å². The Bertz CT molecular complexity index is 845. The third-order valence-corrected chi connectivity index (χ3v) is 3.79. The lowest BCUT2D eigenvalue weighted by Crippen LogP contribution is -2.05. The smallest absolute Gasteiger partial charge is 0.255 e. The molecule has 2 N–H and O–H groups in total.